The lowest BCUT2D eigenvalue weighted by molar-refractivity contribution is -0.144. The van der Waals surface area contributed by atoms with Crippen molar-refractivity contribution in [2.45, 2.75) is 58.2 Å². The van der Waals surface area contributed by atoms with Gasteiger partial charge >= 0.3 is 0 Å². The summed E-state index contributed by atoms with van der Waals surface area (Å²) < 4.78 is 0. The third-order valence-electron chi connectivity index (χ3n) is 3.64. The van der Waals surface area contributed by atoms with Crippen molar-refractivity contribution in [3.8, 4) is 0 Å². The van der Waals surface area contributed by atoms with Crippen molar-refractivity contribution >= 4 is 5.91 Å². The lowest BCUT2D eigenvalue weighted by atomic mass is 9.87. The van der Waals surface area contributed by atoms with E-state index in [0.717, 1.165) is 17.7 Å². The van der Waals surface area contributed by atoms with Crippen LogP contribution in [-0.4, -0.2) is 27.4 Å². The van der Waals surface area contributed by atoms with Gasteiger partial charge < -0.3 is 10.6 Å². The molecule has 0 radical (unpaired) electrons. The van der Waals surface area contributed by atoms with E-state index in [1.807, 2.05) is 30.2 Å². The van der Waals surface area contributed by atoms with Gasteiger partial charge in [-0.2, -0.15) is 0 Å². The number of likely N-dealkylation sites (tertiary alicyclic amines) is 1. The van der Waals surface area contributed by atoms with Crippen molar-refractivity contribution in [2.75, 3.05) is 0 Å². The van der Waals surface area contributed by atoms with Crippen LogP contribution in [0.5, 0.6) is 0 Å². The van der Waals surface area contributed by atoms with Gasteiger partial charge in [0.25, 0.3) is 0 Å². The summed E-state index contributed by atoms with van der Waals surface area (Å²) in [6.45, 7) is 8.12. The second-order valence-corrected chi connectivity index (χ2v) is 6.31. The summed E-state index contributed by atoms with van der Waals surface area (Å²) >= 11 is 0. The van der Waals surface area contributed by atoms with Crippen molar-refractivity contribution in [2.24, 2.45) is 5.73 Å². The lowest BCUT2D eigenvalue weighted by Crippen LogP contribution is -2.56. The van der Waals surface area contributed by atoms with Crippen LogP contribution in [0.2, 0.25) is 0 Å². The Kier molecular flexibility index (Phi) is 3.63. The zero-order chi connectivity index (χ0) is 14.2. The lowest BCUT2D eigenvalue weighted by Gasteiger charge is -2.47. The van der Waals surface area contributed by atoms with Crippen LogP contribution in [0.25, 0.3) is 0 Å². The Hall–Kier alpha value is -1.42. The molecular formula is C15H23N3O. The topological polar surface area (TPSA) is 59.2 Å². The third-order valence-corrected chi connectivity index (χ3v) is 3.64. The summed E-state index contributed by atoms with van der Waals surface area (Å²) in [6.07, 6.45) is 3.12. The molecule has 4 heteroatoms. The molecule has 2 N–H and O–H groups in total. The zero-order valence-corrected chi connectivity index (χ0v) is 12.2. The van der Waals surface area contributed by atoms with Gasteiger partial charge in [0.1, 0.15) is 0 Å². The van der Waals surface area contributed by atoms with Gasteiger partial charge in [0, 0.05) is 29.9 Å². The highest BCUT2D eigenvalue weighted by Gasteiger charge is 2.40. The Labute approximate surface area is 115 Å². The quantitative estimate of drug-likeness (QED) is 0.843. The number of nitrogens with two attached hydrogens (primary N) is 1. The van der Waals surface area contributed by atoms with Crippen LogP contribution in [0, 0.1) is 6.92 Å². The average molecular weight is 261 g/mol. The molecular weight excluding hydrogens is 238 g/mol. The predicted octanol–water partition coefficient (Wildman–Crippen LogP) is 2.18. The molecule has 1 aliphatic rings. The molecule has 1 amide bonds. The fraction of sp³-hybridized carbons (Fsp3) is 0.600. The number of amides is 1. The van der Waals surface area contributed by atoms with Crippen LogP contribution in [0.3, 0.4) is 0 Å². The van der Waals surface area contributed by atoms with Crippen molar-refractivity contribution in [1.29, 1.82) is 0 Å². The number of aryl methyl sites for hydroxylation is 1. The molecule has 1 aromatic heterocycles. The summed E-state index contributed by atoms with van der Waals surface area (Å²) in [7, 11) is 0. The highest BCUT2D eigenvalue weighted by Crippen LogP contribution is 2.35. The number of pyridine rings is 1. The number of carbonyl (C=O) groups excluding carboxylic acids is 1. The van der Waals surface area contributed by atoms with E-state index in [1.165, 1.54) is 0 Å². The second kappa shape index (κ2) is 4.93. The fourth-order valence-corrected chi connectivity index (χ4v) is 2.76. The summed E-state index contributed by atoms with van der Waals surface area (Å²) in [4.78, 5) is 18.5. The van der Waals surface area contributed by atoms with E-state index in [0.29, 0.717) is 6.42 Å². The summed E-state index contributed by atoms with van der Waals surface area (Å²) in [5.74, 6) is 0.180. The number of piperidine rings is 1. The van der Waals surface area contributed by atoms with Gasteiger partial charge in [-0.15, -0.1) is 0 Å². The Morgan fingerprint density at radius 3 is 2.58 bits per heavy atom. The number of nitrogens with zero attached hydrogens (tertiary/aromatic N) is 2. The van der Waals surface area contributed by atoms with Crippen molar-refractivity contribution < 1.29 is 4.79 Å². The first-order valence-corrected chi connectivity index (χ1v) is 6.81. The van der Waals surface area contributed by atoms with Gasteiger partial charge in [-0.05, 0) is 45.7 Å². The maximum absolute atomic E-state index is 12.3. The van der Waals surface area contributed by atoms with Gasteiger partial charge in [-0.25, -0.2) is 0 Å². The average Bonchev–Trinajstić information content (AvgIpc) is 2.31. The Balaban J connectivity index is 2.42. The predicted molar refractivity (Wildman–Crippen MR) is 75.5 cm³/mol. The minimum Gasteiger partial charge on any atom is -0.329 e. The molecule has 2 unspecified atom stereocenters. The Bertz CT molecular complexity index is 461. The van der Waals surface area contributed by atoms with Crippen LogP contribution < -0.4 is 5.73 Å². The van der Waals surface area contributed by atoms with E-state index in [4.69, 9.17) is 5.73 Å². The van der Waals surface area contributed by atoms with E-state index in [9.17, 15) is 4.79 Å². The van der Waals surface area contributed by atoms with Gasteiger partial charge in [0.2, 0.25) is 5.91 Å². The van der Waals surface area contributed by atoms with E-state index < -0.39 is 0 Å². The molecule has 1 aliphatic heterocycles. The molecule has 19 heavy (non-hydrogen) atoms. The Morgan fingerprint density at radius 1 is 1.37 bits per heavy atom. The molecule has 0 aromatic carbocycles. The van der Waals surface area contributed by atoms with Crippen molar-refractivity contribution in [3.63, 3.8) is 0 Å². The highest BCUT2D eigenvalue weighted by molar-refractivity contribution is 5.78. The molecule has 0 saturated carbocycles. The minimum absolute atomic E-state index is 0.0265. The Morgan fingerprint density at radius 2 is 2.05 bits per heavy atom. The molecule has 1 saturated heterocycles. The minimum atomic E-state index is -0.231. The molecule has 0 aliphatic carbocycles. The molecule has 2 atom stereocenters. The molecule has 1 aromatic rings. The van der Waals surface area contributed by atoms with Gasteiger partial charge in [-0.3, -0.25) is 9.78 Å². The number of aromatic nitrogens is 1. The van der Waals surface area contributed by atoms with Crippen LogP contribution >= 0.6 is 0 Å². The molecule has 0 bridgehead atoms. The van der Waals surface area contributed by atoms with Gasteiger partial charge in [-0.1, -0.05) is 6.07 Å². The fourth-order valence-electron chi connectivity index (χ4n) is 2.76. The first-order chi connectivity index (χ1) is 8.80. The van der Waals surface area contributed by atoms with Gasteiger partial charge in [0.15, 0.2) is 0 Å². The first-order valence-electron chi connectivity index (χ1n) is 6.81. The molecule has 4 nitrogen and oxygen atoms in total. The smallest absolute Gasteiger partial charge is 0.223 e. The first kappa shape index (κ1) is 14.0. The SMILES string of the molecule is Cc1ccc(C2C(N)CCC(=O)N2C(C)(C)C)cn1. The normalized spacial score (nSPS) is 24.7. The molecule has 0 spiro atoms. The highest BCUT2D eigenvalue weighted by atomic mass is 16.2. The van der Waals surface area contributed by atoms with E-state index in [1.54, 1.807) is 0 Å². The van der Waals surface area contributed by atoms with Crippen molar-refractivity contribution in [1.82, 2.24) is 9.88 Å². The van der Waals surface area contributed by atoms with E-state index >= 15 is 0 Å². The summed E-state index contributed by atoms with van der Waals surface area (Å²) in [6, 6.07) is 3.90. The van der Waals surface area contributed by atoms with Crippen molar-refractivity contribution in [3.05, 3.63) is 29.6 Å². The standard InChI is InChI=1S/C15H23N3O/c1-10-5-6-11(9-17-10)14-12(16)7-8-13(19)18(14)15(2,3)4/h5-6,9,12,14H,7-8,16H2,1-4H3. The largest absolute Gasteiger partial charge is 0.329 e. The van der Waals surface area contributed by atoms with Crippen LogP contribution in [0.1, 0.15) is 50.9 Å². The monoisotopic (exact) mass is 261 g/mol. The zero-order valence-electron chi connectivity index (χ0n) is 12.2. The van der Waals surface area contributed by atoms with Crippen LogP contribution in [0.4, 0.5) is 0 Å². The molecule has 2 heterocycles. The molecule has 2 rings (SSSR count). The molecule has 104 valence electrons. The number of rotatable bonds is 1. The number of carbonyl (C=O) groups is 1. The van der Waals surface area contributed by atoms with E-state index in [-0.39, 0.29) is 23.5 Å². The number of hydrogen-bond acceptors (Lipinski definition) is 3. The second-order valence-electron chi connectivity index (χ2n) is 6.31. The summed E-state index contributed by atoms with van der Waals surface area (Å²) in [5, 5.41) is 0. The summed E-state index contributed by atoms with van der Waals surface area (Å²) in [5.41, 5.74) is 8.05. The number of hydrogen-bond donors (Lipinski definition) is 1. The molecule has 1 fully saturated rings. The maximum Gasteiger partial charge on any atom is 0.223 e. The van der Waals surface area contributed by atoms with Crippen LogP contribution in [-0.2, 0) is 4.79 Å². The third kappa shape index (κ3) is 2.78. The van der Waals surface area contributed by atoms with Gasteiger partial charge in [0.05, 0.1) is 6.04 Å². The van der Waals surface area contributed by atoms with Crippen LogP contribution in [0.15, 0.2) is 18.3 Å². The van der Waals surface area contributed by atoms with E-state index in [2.05, 4.69) is 25.8 Å². The maximum atomic E-state index is 12.3.